The van der Waals surface area contributed by atoms with Crippen LogP contribution < -0.4 is 10.1 Å². The molecule has 5 heteroatoms. The van der Waals surface area contributed by atoms with Crippen molar-refractivity contribution in [2.45, 2.75) is 33.1 Å². The van der Waals surface area contributed by atoms with Gasteiger partial charge in [-0.15, -0.1) is 0 Å². The van der Waals surface area contributed by atoms with Crippen molar-refractivity contribution in [2.24, 2.45) is 0 Å². The summed E-state index contributed by atoms with van der Waals surface area (Å²) in [5.41, 5.74) is 2.25. The van der Waals surface area contributed by atoms with E-state index < -0.39 is 0 Å². The highest BCUT2D eigenvalue weighted by molar-refractivity contribution is 5.57. The molecule has 0 unspecified atom stereocenters. The normalized spacial score (nSPS) is 10.7. The molecule has 1 N–H and O–H groups in total. The molecule has 0 aliphatic rings. The molecular formula is C16H22N4O. The van der Waals surface area contributed by atoms with Crippen molar-refractivity contribution in [2.75, 3.05) is 19.0 Å². The van der Waals surface area contributed by atoms with Gasteiger partial charge in [0.05, 0.1) is 7.11 Å². The van der Waals surface area contributed by atoms with Gasteiger partial charge < -0.3 is 10.1 Å². The summed E-state index contributed by atoms with van der Waals surface area (Å²) >= 11 is 0. The number of aromatic nitrogens is 3. The van der Waals surface area contributed by atoms with E-state index in [4.69, 9.17) is 4.74 Å². The number of benzene rings is 1. The molecule has 1 aromatic heterocycles. The van der Waals surface area contributed by atoms with Crippen molar-refractivity contribution in [3.8, 4) is 17.4 Å². The van der Waals surface area contributed by atoms with Gasteiger partial charge in [0.1, 0.15) is 0 Å². The van der Waals surface area contributed by atoms with Crippen molar-refractivity contribution in [1.82, 2.24) is 15.0 Å². The summed E-state index contributed by atoms with van der Waals surface area (Å²) in [4.78, 5) is 13.0. The fourth-order valence-corrected chi connectivity index (χ4v) is 1.91. The summed E-state index contributed by atoms with van der Waals surface area (Å²) < 4.78 is 5.16. The van der Waals surface area contributed by atoms with Crippen LogP contribution in [0.3, 0.4) is 0 Å². The lowest BCUT2D eigenvalue weighted by Crippen LogP contribution is -2.07. The number of hydrogen-bond donors (Lipinski definition) is 1. The molecule has 1 aromatic carbocycles. The van der Waals surface area contributed by atoms with Crippen LogP contribution in [0.5, 0.6) is 6.01 Å². The van der Waals surface area contributed by atoms with Gasteiger partial charge in [-0.1, -0.05) is 45.0 Å². The van der Waals surface area contributed by atoms with Crippen molar-refractivity contribution >= 4 is 5.95 Å². The number of hydrogen-bond acceptors (Lipinski definition) is 5. The van der Waals surface area contributed by atoms with E-state index in [1.807, 2.05) is 12.1 Å². The zero-order chi connectivity index (χ0) is 15.2. The average Bonchev–Trinajstić information content (AvgIpc) is 2.52. The van der Waals surface area contributed by atoms with Gasteiger partial charge in [-0.2, -0.15) is 15.0 Å². The number of rotatable bonds is 6. The molecule has 2 rings (SSSR count). The Hall–Kier alpha value is -2.17. The van der Waals surface area contributed by atoms with Crippen molar-refractivity contribution in [3.05, 3.63) is 29.8 Å². The molecule has 0 fully saturated rings. The summed E-state index contributed by atoms with van der Waals surface area (Å²) in [5, 5.41) is 3.17. The van der Waals surface area contributed by atoms with E-state index in [0.29, 0.717) is 23.7 Å². The van der Waals surface area contributed by atoms with E-state index in [1.54, 1.807) is 7.11 Å². The molecule has 21 heavy (non-hydrogen) atoms. The molecular weight excluding hydrogens is 264 g/mol. The van der Waals surface area contributed by atoms with Gasteiger partial charge in [0.2, 0.25) is 5.95 Å². The van der Waals surface area contributed by atoms with Crippen LogP contribution in [-0.4, -0.2) is 28.6 Å². The highest BCUT2D eigenvalue weighted by Crippen LogP contribution is 2.22. The van der Waals surface area contributed by atoms with Crippen LogP contribution in [-0.2, 0) is 0 Å². The van der Waals surface area contributed by atoms with Crippen molar-refractivity contribution < 1.29 is 4.74 Å². The first-order valence-electron chi connectivity index (χ1n) is 7.28. The SMILES string of the molecule is CCCNc1nc(OC)nc(-c2ccc(C(C)C)cc2)n1. The molecule has 0 aliphatic heterocycles. The fourth-order valence-electron chi connectivity index (χ4n) is 1.91. The molecule has 0 saturated carbocycles. The molecule has 0 atom stereocenters. The van der Waals surface area contributed by atoms with Crippen LogP contribution in [0.15, 0.2) is 24.3 Å². The van der Waals surface area contributed by atoms with E-state index >= 15 is 0 Å². The van der Waals surface area contributed by atoms with Gasteiger partial charge in [-0.25, -0.2) is 0 Å². The molecule has 0 spiro atoms. The Bertz CT molecular complexity index is 581. The van der Waals surface area contributed by atoms with Crippen LogP contribution in [0.1, 0.15) is 38.7 Å². The standard InChI is InChI=1S/C16H22N4O/c1-5-10-17-15-18-14(19-16(20-15)21-4)13-8-6-12(7-9-13)11(2)3/h6-9,11H,5,10H2,1-4H3,(H,17,18,19,20). The quantitative estimate of drug-likeness (QED) is 0.880. The average molecular weight is 286 g/mol. The van der Waals surface area contributed by atoms with Gasteiger partial charge >= 0.3 is 6.01 Å². The third-order valence-corrected chi connectivity index (χ3v) is 3.17. The molecule has 1 heterocycles. The van der Waals surface area contributed by atoms with Crippen LogP contribution in [0, 0.1) is 0 Å². The predicted molar refractivity (Wildman–Crippen MR) is 84.7 cm³/mol. The first kappa shape index (κ1) is 15.2. The largest absolute Gasteiger partial charge is 0.467 e. The lowest BCUT2D eigenvalue weighted by Gasteiger charge is -2.09. The second kappa shape index (κ2) is 7.02. The Labute approximate surface area is 125 Å². The van der Waals surface area contributed by atoms with E-state index in [-0.39, 0.29) is 0 Å². The van der Waals surface area contributed by atoms with Gasteiger partial charge in [0.25, 0.3) is 0 Å². The Morgan fingerprint density at radius 3 is 2.38 bits per heavy atom. The molecule has 5 nitrogen and oxygen atoms in total. The Balaban J connectivity index is 2.32. The molecule has 2 aromatic rings. The fraction of sp³-hybridized carbons (Fsp3) is 0.438. The Kier molecular flexibility index (Phi) is 5.09. The van der Waals surface area contributed by atoms with Gasteiger partial charge in [-0.05, 0) is 17.9 Å². The molecule has 0 saturated heterocycles. The zero-order valence-electron chi connectivity index (χ0n) is 13.1. The maximum absolute atomic E-state index is 5.16. The maximum Gasteiger partial charge on any atom is 0.321 e. The van der Waals surface area contributed by atoms with E-state index in [1.165, 1.54) is 5.56 Å². The van der Waals surface area contributed by atoms with Crippen LogP contribution >= 0.6 is 0 Å². The second-order valence-electron chi connectivity index (χ2n) is 5.17. The third kappa shape index (κ3) is 3.90. The lowest BCUT2D eigenvalue weighted by molar-refractivity contribution is 0.379. The van der Waals surface area contributed by atoms with E-state index in [0.717, 1.165) is 18.5 Å². The summed E-state index contributed by atoms with van der Waals surface area (Å²) in [6.45, 7) is 7.26. The molecule has 0 bridgehead atoms. The Morgan fingerprint density at radius 2 is 1.81 bits per heavy atom. The topological polar surface area (TPSA) is 59.9 Å². The van der Waals surface area contributed by atoms with E-state index in [9.17, 15) is 0 Å². The summed E-state index contributed by atoms with van der Waals surface area (Å²) in [5.74, 6) is 1.68. The predicted octanol–water partition coefficient (Wildman–Crippen LogP) is 3.49. The minimum Gasteiger partial charge on any atom is -0.467 e. The number of nitrogens with zero attached hydrogens (tertiary/aromatic N) is 3. The maximum atomic E-state index is 5.16. The smallest absolute Gasteiger partial charge is 0.321 e. The van der Waals surface area contributed by atoms with Gasteiger partial charge in [0, 0.05) is 12.1 Å². The van der Waals surface area contributed by atoms with Crippen molar-refractivity contribution in [1.29, 1.82) is 0 Å². The van der Waals surface area contributed by atoms with Crippen molar-refractivity contribution in [3.63, 3.8) is 0 Å². The third-order valence-electron chi connectivity index (χ3n) is 3.17. The molecule has 112 valence electrons. The Morgan fingerprint density at radius 1 is 1.10 bits per heavy atom. The van der Waals surface area contributed by atoms with Gasteiger partial charge in [-0.3, -0.25) is 0 Å². The minimum absolute atomic E-state index is 0.325. The minimum atomic E-state index is 0.325. The molecule has 0 radical (unpaired) electrons. The number of nitrogens with one attached hydrogen (secondary N) is 1. The zero-order valence-corrected chi connectivity index (χ0v) is 13.1. The summed E-state index contributed by atoms with van der Waals surface area (Å²) in [7, 11) is 1.56. The highest BCUT2D eigenvalue weighted by atomic mass is 16.5. The monoisotopic (exact) mass is 286 g/mol. The lowest BCUT2D eigenvalue weighted by atomic mass is 10.0. The molecule has 0 amide bonds. The number of anilines is 1. The van der Waals surface area contributed by atoms with Crippen LogP contribution in [0.4, 0.5) is 5.95 Å². The van der Waals surface area contributed by atoms with Crippen LogP contribution in [0.25, 0.3) is 11.4 Å². The molecule has 0 aliphatic carbocycles. The number of methoxy groups -OCH3 is 1. The van der Waals surface area contributed by atoms with Gasteiger partial charge in [0.15, 0.2) is 5.82 Å². The second-order valence-corrected chi connectivity index (χ2v) is 5.17. The van der Waals surface area contributed by atoms with E-state index in [2.05, 4.69) is 53.2 Å². The highest BCUT2D eigenvalue weighted by Gasteiger charge is 2.09. The first-order valence-corrected chi connectivity index (χ1v) is 7.28. The first-order chi connectivity index (χ1) is 10.1. The van der Waals surface area contributed by atoms with Crippen LogP contribution in [0.2, 0.25) is 0 Å². The summed E-state index contributed by atoms with van der Waals surface area (Å²) in [6.07, 6.45) is 1.01. The summed E-state index contributed by atoms with van der Waals surface area (Å²) in [6, 6.07) is 8.61. The number of ether oxygens (including phenoxy) is 1.